The van der Waals surface area contributed by atoms with Crippen LogP contribution in [-0.2, 0) is 6.42 Å². The summed E-state index contributed by atoms with van der Waals surface area (Å²) < 4.78 is 2.02. The molecule has 0 saturated carbocycles. The molecule has 144 valence electrons. The van der Waals surface area contributed by atoms with Gasteiger partial charge in [-0.3, -0.25) is 9.55 Å². The van der Waals surface area contributed by atoms with Crippen LogP contribution in [0.3, 0.4) is 0 Å². The third-order valence-electron chi connectivity index (χ3n) is 4.98. The Morgan fingerprint density at radius 1 is 1.00 bits per heavy atom. The second-order valence-electron chi connectivity index (χ2n) is 6.74. The second kappa shape index (κ2) is 7.43. The number of hydrogen-bond acceptors (Lipinski definition) is 4. The third kappa shape index (κ3) is 3.20. The first-order chi connectivity index (χ1) is 14.2. The topological polar surface area (TPSA) is 56.7 Å². The smallest absolute Gasteiger partial charge is 0.108 e. The number of thiophene rings is 1. The van der Waals surface area contributed by atoms with Gasteiger partial charge in [-0.1, -0.05) is 35.3 Å². The molecule has 5 aromatic rings. The van der Waals surface area contributed by atoms with Gasteiger partial charge in [0.25, 0.3) is 0 Å². The molecular weight excluding hydrogens is 423 g/mol. The van der Waals surface area contributed by atoms with Crippen molar-refractivity contribution in [3.63, 3.8) is 0 Å². The maximum absolute atomic E-state index is 6.51. The molecule has 29 heavy (non-hydrogen) atoms. The van der Waals surface area contributed by atoms with Gasteiger partial charge in [0, 0.05) is 20.3 Å². The van der Waals surface area contributed by atoms with Crippen molar-refractivity contribution in [2.75, 3.05) is 6.54 Å². The van der Waals surface area contributed by atoms with Crippen LogP contribution in [-0.4, -0.2) is 21.1 Å². The number of halogens is 2. The number of benzene rings is 2. The van der Waals surface area contributed by atoms with Gasteiger partial charge in [0.2, 0.25) is 0 Å². The Morgan fingerprint density at radius 3 is 2.55 bits per heavy atom. The molecule has 0 bridgehead atoms. The van der Waals surface area contributed by atoms with Crippen LogP contribution in [0.15, 0.2) is 60.4 Å². The van der Waals surface area contributed by atoms with Gasteiger partial charge in [-0.15, -0.1) is 11.3 Å². The molecule has 2 aromatic carbocycles. The fourth-order valence-electron chi connectivity index (χ4n) is 3.60. The first-order valence-corrected chi connectivity index (χ1v) is 10.8. The molecule has 0 spiro atoms. The summed E-state index contributed by atoms with van der Waals surface area (Å²) in [5.74, 6) is 0. The Balaban J connectivity index is 1.76. The number of imidazole rings is 1. The minimum absolute atomic E-state index is 0.495. The van der Waals surface area contributed by atoms with E-state index < -0.39 is 0 Å². The van der Waals surface area contributed by atoms with Crippen LogP contribution in [0.25, 0.3) is 38.1 Å². The Morgan fingerprint density at radius 2 is 1.83 bits per heavy atom. The van der Waals surface area contributed by atoms with E-state index in [2.05, 4.69) is 39.6 Å². The second-order valence-corrected chi connectivity index (χ2v) is 8.50. The Hall–Kier alpha value is -2.44. The fourth-order valence-corrected chi connectivity index (χ4v) is 4.99. The van der Waals surface area contributed by atoms with Crippen LogP contribution in [0.4, 0.5) is 0 Å². The number of pyridine rings is 1. The lowest BCUT2D eigenvalue weighted by atomic mass is 10.1. The van der Waals surface area contributed by atoms with Gasteiger partial charge in [0.05, 0.1) is 22.9 Å². The van der Waals surface area contributed by atoms with E-state index in [1.165, 1.54) is 4.88 Å². The average Bonchev–Trinajstić information content (AvgIpc) is 3.40. The zero-order valence-corrected chi connectivity index (χ0v) is 17.6. The van der Waals surface area contributed by atoms with Crippen molar-refractivity contribution in [1.29, 1.82) is 0 Å². The van der Waals surface area contributed by atoms with E-state index in [4.69, 9.17) is 28.9 Å². The monoisotopic (exact) mass is 438 g/mol. The Labute approximate surface area is 181 Å². The molecule has 0 aliphatic carbocycles. The SMILES string of the molecule is NCCc1c(Cl)cc(-n2cnc3cnc4ccc(-c5cccs5)cc4c32)cc1Cl. The highest BCUT2D eigenvalue weighted by Gasteiger charge is 2.14. The van der Waals surface area contributed by atoms with Gasteiger partial charge in [0.15, 0.2) is 0 Å². The van der Waals surface area contributed by atoms with Crippen molar-refractivity contribution in [1.82, 2.24) is 14.5 Å². The van der Waals surface area contributed by atoms with Crippen LogP contribution < -0.4 is 5.73 Å². The highest BCUT2D eigenvalue weighted by atomic mass is 35.5. The Kier molecular flexibility index (Phi) is 4.76. The summed E-state index contributed by atoms with van der Waals surface area (Å²) in [7, 11) is 0. The van der Waals surface area contributed by atoms with E-state index in [0.29, 0.717) is 23.0 Å². The number of fused-ring (bicyclic) bond motifs is 3. The summed E-state index contributed by atoms with van der Waals surface area (Å²) in [6.07, 6.45) is 4.22. The van der Waals surface area contributed by atoms with Crippen LogP contribution in [0.2, 0.25) is 10.0 Å². The summed E-state index contributed by atoms with van der Waals surface area (Å²) in [6, 6.07) is 14.3. The molecule has 3 aromatic heterocycles. The number of aromatic nitrogens is 3. The maximum atomic E-state index is 6.51. The van der Waals surface area contributed by atoms with Crippen LogP contribution >= 0.6 is 34.5 Å². The molecule has 0 radical (unpaired) electrons. The first-order valence-electron chi connectivity index (χ1n) is 9.14. The summed E-state index contributed by atoms with van der Waals surface area (Å²) >= 11 is 14.7. The van der Waals surface area contributed by atoms with Crippen molar-refractivity contribution in [3.8, 4) is 16.1 Å². The zero-order chi connectivity index (χ0) is 20.0. The predicted molar refractivity (Wildman–Crippen MR) is 122 cm³/mol. The molecule has 2 N–H and O–H groups in total. The number of hydrogen-bond donors (Lipinski definition) is 1. The summed E-state index contributed by atoms with van der Waals surface area (Å²) in [5.41, 5.74) is 11.3. The molecule has 0 fully saturated rings. The van der Waals surface area contributed by atoms with Crippen LogP contribution in [0.1, 0.15) is 5.56 Å². The van der Waals surface area contributed by atoms with Crippen molar-refractivity contribution in [3.05, 3.63) is 76.0 Å². The highest BCUT2D eigenvalue weighted by Crippen LogP contribution is 2.34. The van der Waals surface area contributed by atoms with Gasteiger partial charge in [-0.05, 0) is 59.8 Å². The molecular formula is C22H16Cl2N4S. The van der Waals surface area contributed by atoms with E-state index in [1.807, 2.05) is 22.8 Å². The molecule has 0 atom stereocenters. The van der Waals surface area contributed by atoms with Crippen molar-refractivity contribution in [2.45, 2.75) is 6.42 Å². The van der Waals surface area contributed by atoms with Crippen molar-refractivity contribution in [2.24, 2.45) is 5.73 Å². The van der Waals surface area contributed by atoms with E-state index in [9.17, 15) is 0 Å². The number of rotatable bonds is 4. The van der Waals surface area contributed by atoms with E-state index in [-0.39, 0.29) is 0 Å². The van der Waals surface area contributed by atoms with Gasteiger partial charge in [0.1, 0.15) is 11.8 Å². The predicted octanol–water partition coefficient (Wildman–Crippen LogP) is 6.11. The summed E-state index contributed by atoms with van der Waals surface area (Å²) in [6.45, 7) is 0.495. The van der Waals surface area contributed by atoms with E-state index >= 15 is 0 Å². The molecule has 5 rings (SSSR count). The highest BCUT2D eigenvalue weighted by molar-refractivity contribution is 7.13. The van der Waals surface area contributed by atoms with Crippen molar-refractivity contribution < 1.29 is 0 Å². The largest absolute Gasteiger partial charge is 0.330 e. The summed E-state index contributed by atoms with van der Waals surface area (Å²) in [4.78, 5) is 10.3. The van der Waals surface area contributed by atoms with Gasteiger partial charge >= 0.3 is 0 Å². The lowest BCUT2D eigenvalue weighted by molar-refractivity contribution is 0.966. The van der Waals surface area contributed by atoms with Gasteiger partial charge < -0.3 is 5.73 Å². The van der Waals surface area contributed by atoms with Crippen LogP contribution in [0, 0.1) is 0 Å². The lowest BCUT2D eigenvalue weighted by Gasteiger charge is -2.12. The standard InChI is InChI=1S/C22H16Cl2N4S/c23-17-9-14(10-18(24)15(17)5-6-25)28-12-27-20-11-26-19-4-3-13(8-16(19)22(20)28)21-2-1-7-29-21/h1-4,7-12H,5-6,25H2. The quantitative estimate of drug-likeness (QED) is 0.368. The number of nitrogens with two attached hydrogens (primary N) is 1. The molecule has 7 heteroatoms. The lowest BCUT2D eigenvalue weighted by Crippen LogP contribution is -2.04. The molecule has 0 saturated heterocycles. The van der Waals surface area contributed by atoms with Crippen molar-refractivity contribution >= 4 is 56.5 Å². The molecule has 0 aliphatic rings. The van der Waals surface area contributed by atoms with Gasteiger partial charge in [-0.25, -0.2) is 4.98 Å². The molecule has 4 nitrogen and oxygen atoms in total. The van der Waals surface area contributed by atoms with Gasteiger partial charge in [-0.2, -0.15) is 0 Å². The molecule has 0 amide bonds. The number of nitrogens with zero attached hydrogens (tertiary/aromatic N) is 3. The fraction of sp³-hybridized carbons (Fsp3) is 0.0909. The molecule has 0 aliphatic heterocycles. The first kappa shape index (κ1) is 18.6. The Bertz CT molecular complexity index is 1320. The molecule has 3 heterocycles. The van der Waals surface area contributed by atoms with Crippen LogP contribution in [0.5, 0.6) is 0 Å². The van der Waals surface area contributed by atoms with E-state index in [0.717, 1.165) is 38.8 Å². The normalized spacial score (nSPS) is 11.6. The average molecular weight is 439 g/mol. The minimum Gasteiger partial charge on any atom is -0.330 e. The van der Waals surface area contributed by atoms with E-state index in [1.54, 1.807) is 23.9 Å². The molecule has 0 unspecified atom stereocenters. The summed E-state index contributed by atoms with van der Waals surface area (Å²) in [5, 5.41) is 4.33. The minimum atomic E-state index is 0.495. The maximum Gasteiger partial charge on any atom is 0.108 e. The third-order valence-corrected chi connectivity index (χ3v) is 6.57. The zero-order valence-electron chi connectivity index (χ0n) is 15.3.